The van der Waals surface area contributed by atoms with Crippen LogP contribution in [0.4, 0.5) is 4.39 Å². The van der Waals surface area contributed by atoms with Crippen molar-refractivity contribution in [3.05, 3.63) is 23.2 Å². The maximum Gasteiger partial charge on any atom is 0.231 e. The molecular formula is C5H2Cl2FNS. The lowest BCUT2D eigenvalue weighted by molar-refractivity contribution is 0.582. The molecule has 10 heavy (non-hydrogen) atoms. The maximum absolute atomic E-state index is 12.3. The minimum Gasteiger partial charge on any atom is -0.226 e. The van der Waals surface area contributed by atoms with E-state index in [1.54, 1.807) is 0 Å². The molecule has 54 valence electrons. The van der Waals surface area contributed by atoms with Gasteiger partial charge in [0.1, 0.15) is 0 Å². The van der Waals surface area contributed by atoms with E-state index in [-0.39, 0.29) is 5.02 Å². The molecular weight excluding hydrogens is 196 g/mol. The second kappa shape index (κ2) is 3.42. The number of halogens is 3. The summed E-state index contributed by atoms with van der Waals surface area (Å²) < 4.78 is 12.3. The Morgan fingerprint density at radius 3 is 2.80 bits per heavy atom. The molecule has 0 saturated carbocycles. The summed E-state index contributed by atoms with van der Waals surface area (Å²) in [6.45, 7) is 0. The van der Waals surface area contributed by atoms with Crippen molar-refractivity contribution in [2.45, 2.75) is 4.90 Å². The molecule has 1 rings (SSSR count). The van der Waals surface area contributed by atoms with Crippen LogP contribution in [0.5, 0.6) is 0 Å². The van der Waals surface area contributed by atoms with Crippen molar-refractivity contribution in [3.8, 4) is 0 Å². The Balaban J connectivity index is 3.04. The van der Waals surface area contributed by atoms with Gasteiger partial charge in [0.2, 0.25) is 5.95 Å². The summed E-state index contributed by atoms with van der Waals surface area (Å²) >= 11 is 5.38. The predicted octanol–water partition coefficient (Wildman–Crippen LogP) is 3.12. The summed E-state index contributed by atoms with van der Waals surface area (Å²) in [5.74, 6) is -0.670. The summed E-state index contributed by atoms with van der Waals surface area (Å²) in [5.41, 5.74) is 0. The fourth-order valence-electron chi connectivity index (χ4n) is 0.446. The van der Waals surface area contributed by atoms with Crippen LogP contribution in [0.25, 0.3) is 0 Å². The molecule has 0 bridgehead atoms. The normalized spacial score (nSPS) is 9.90. The van der Waals surface area contributed by atoms with Crippen LogP contribution in [0.2, 0.25) is 5.02 Å². The second-order valence-corrected chi connectivity index (χ2v) is 3.02. The molecule has 0 amide bonds. The highest BCUT2D eigenvalue weighted by Crippen LogP contribution is 2.24. The molecule has 0 aromatic carbocycles. The van der Waals surface area contributed by atoms with Gasteiger partial charge in [-0.05, 0) is 27.7 Å². The quantitative estimate of drug-likeness (QED) is 0.643. The molecule has 0 spiro atoms. The largest absolute Gasteiger partial charge is 0.231 e. The Morgan fingerprint density at radius 1 is 1.60 bits per heavy atom. The van der Waals surface area contributed by atoms with Crippen molar-refractivity contribution < 1.29 is 4.39 Å². The standard InChI is InChI=1S/C5H2Cl2FNS/c6-4-1-3(10-7)2-9-5(4)8/h1-2H. The first-order valence-electron chi connectivity index (χ1n) is 2.33. The summed E-state index contributed by atoms with van der Waals surface area (Å²) in [6, 6.07) is 1.42. The van der Waals surface area contributed by atoms with E-state index >= 15 is 0 Å². The number of rotatable bonds is 1. The van der Waals surface area contributed by atoms with Crippen LogP contribution in [0, 0.1) is 5.95 Å². The number of pyridine rings is 1. The van der Waals surface area contributed by atoms with E-state index in [9.17, 15) is 4.39 Å². The highest BCUT2D eigenvalue weighted by molar-refractivity contribution is 8.21. The van der Waals surface area contributed by atoms with E-state index in [2.05, 4.69) is 4.98 Å². The van der Waals surface area contributed by atoms with Crippen molar-refractivity contribution in [2.75, 3.05) is 0 Å². The monoisotopic (exact) mass is 197 g/mol. The van der Waals surface area contributed by atoms with Gasteiger partial charge in [-0.3, -0.25) is 0 Å². The Hall–Kier alpha value is 0.01000. The summed E-state index contributed by atoms with van der Waals surface area (Å²) in [7, 11) is 6.30. The highest BCUT2D eigenvalue weighted by atomic mass is 35.7. The van der Waals surface area contributed by atoms with Gasteiger partial charge in [-0.2, -0.15) is 4.39 Å². The van der Waals surface area contributed by atoms with Gasteiger partial charge in [0.25, 0.3) is 0 Å². The molecule has 0 atom stereocenters. The Kier molecular flexibility index (Phi) is 2.77. The van der Waals surface area contributed by atoms with Gasteiger partial charge in [-0.1, -0.05) is 11.6 Å². The van der Waals surface area contributed by atoms with Crippen LogP contribution < -0.4 is 0 Å². The van der Waals surface area contributed by atoms with Gasteiger partial charge in [0.15, 0.2) is 0 Å². The Labute approximate surface area is 71.1 Å². The average molecular weight is 198 g/mol. The van der Waals surface area contributed by atoms with Gasteiger partial charge >= 0.3 is 0 Å². The summed E-state index contributed by atoms with van der Waals surface area (Å²) in [6.07, 6.45) is 1.32. The van der Waals surface area contributed by atoms with Crippen LogP contribution in [-0.4, -0.2) is 4.98 Å². The van der Waals surface area contributed by atoms with Gasteiger partial charge in [-0.25, -0.2) is 4.98 Å². The SMILES string of the molecule is Fc1ncc(SCl)cc1Cl. The van der Waals surface area contributed by atoms with Crippen LogP contribution in [0.15, 0.2) is 17.2 Å². The molecule has 0 saturated heterocycles. The zero-order valence-electron chi connectivity index (χ0n) is 4.64. The first-order valence-corrected chi connectivity index (χ1v) is 4.35. The first-order chi connectivity index (χ1) is 4.74. The third kappa shape index (κ3) is 1.75. The number of nitrogens with zero attached hydrogens (tertiary/aromatic N) is 1. The van der Waals surface area contributed by atoms with E-state index in [4.69, 9.17) is 22.3 Å². The lowest BCUT2D eigenvalue weighted by atomic mass is 10.5. The fraction of sp³-hybridized carbons (Fsp3) is 0. The molecule has 0 fully saturated rings. The molecule has 0 aliphatic heterocycles. The fourth-order valence-corrected chi connectivity index (χ4v) is 1.18. The molecule has 1 nitrogen and oxygen atoms in total. The first kappa shape index (κ1) is 8.11. The van der Waals surface area contributed by atoms with Crippen LogP contribution in [0.3, 0.4) is 0 Å². The lowest BCUT2D eigenvalue weighted by Gasteiger charge is -1.93. The summed E-state index contributed by atoms with van der Waals surface area (Å²) in [4.78, 5) is 3.98. The van der Waals surface area contributed by atoms with E-state index in [0.29, 0.717) is 4.90 Å². The average Bonchev–Trinajstić information content (AvgIpc) is 1.95. The van der Waals surface area contributed by atoms with Crippen molar-refractivity contribution in [1.29, 1.82) is 0 Å². The van der Waals surface area contributed by atoms with E-state index < -0.39 is 5.95 Å². The molecule has 0 aliphatic rings. The smallest absolute Gasteiger partial charge is 0.226 e. The van der Waals surface area contributed by atoms with E-state index in [1.807, 2.05) is 0 Å². The third-order valence-corrected chi connectivity index (χ3v) is 2.06. The molecule has 1 heterocycles. The van der Waals surface area contributed by atoms with Crippen molar-refractivity contribution in [3.63, 3.8) is 0 Å². The molecule has 0 N–H and O–H groups in total. The Bertz CT molecular complexity index is 243. The van der Waals surface area contributed by atoms with Gasteiger partial charge in [0, 0.05) is 11.1 Å². The zero-order valence-corrected chi connectivity index (χ0v) is 6.97. The van der Waals surface area contributed by atoms with Crippen molar-refractivity contribution in [1.82, 2.24) is 4.98 Å². The second-order valence-electron chi connectivity index (χ2n) is 1.52. The number of hydrogen-bond donors (Lipinski definition) is 0. The van der Waals surface area contributed by atoms with Crippen molar-refractivity contribution in [2.24, 2.45) is 0 Å². The minimum absolute atomic E-state index is 0.00866. The molecule has 1 aromatic heterocycles. The third-order valence-electron chi connectivity index (χ3n) is 0.860. The van der Waals surface area contributed by atoms with Crippen LogP contribution >= 0.6 is 33.3 Å². The highest BCUT2D eigenvalue weighted by Gasteiger charge is 2.00. The topological polar surface area (TPSA) is 12.9 Å². The predicted molar refractivity (Wildman–Crippen MR) is 40.9 cm³/mol. The maximum atomic E-state index is 12.3. The van der Waals surface area contributed by atoms with Gasteiger partial charge in [0.05, 0.1) is 5.02 Å². The van der Waals surface area contributed by atoms with Crippen LogP contribution in [-0.2, 0) is 0 Å². The molecule has 0 radical (unpaired) electrons. The van der Waals surface area contributed by atoms with Gasteiger partial charge < -0.3 is 0 Å². The molecule has 0 aliphatic carbocycles. The van der Waals surface area contributed by atoms with E-state index in [0.717, 1.165) is 11.0 Å². The molecule has 5 heteroatoms. The zero-order chi connectivity index (χ0) is 7.56. The Morgan fingerprint density at radius 2 is 2.30 bits per heavy atom. The minimum atomic E-state index is -0.670. The van der Waals surface area contributed by atoms with Crippen LogP contribution in [0.1, 0.15) is 0 Å². The van der Waals surface area contributed by atoms with Gasteiger partial charge in [-0.15, -0.1) is 0 Å². The number of aromatic nitrogens is 1. The number of hydrogen-bond acceptors (Lipinski definition) is 2. The van der Waals surface area contributed by atoms with Crippen molar-refractivity contribution >= 4 is 33.3 Å². The molecule has 1 aromatic rings. The summed E-state index contributed by atoms with van der Waals surface area (Å²) in [5, 5.41) is -0.00866. The van der Waals surface area contributed by atoms with E-state index in [1.165, 1.54) is 12.3 Å². The lowest BCUT2D eigenvalue weighted by Crippen LogP contribution is -1.82. The molecule has 0 unspecified atom stereocenters.